The molecule has 2 heterocycles. The summed E-state index contributed by atoms with van der Waals surface area (Å²) in [7, 11) is 0. The number of carbonyl (C=O) groups is 1. The molecule has 102 valence electrons. The number of nitrogens with one attached hydrogen (secondary N) is 2. The predicted octanol–water partition coefficient (Wildman–Crippen LogP) is 3.59. The number of benzene rings is 1. The third-order valence-corrected chi connectivity index (χ3v) is 4.20. The van der Waals surface area contributed by atoms with Gasteiger partial charge in [-0.25, -0.2) is 4.98 Å². The van der Waals surface area contributed by atoms with E-state index in [0.29, 0.717) is 10.9 Å². The minimum atomic E-state index is -0.0164. The first-order valence-corrected chi connectivity index (χ1v) is 8.36. The lowest BCUT2D eigenvalue weighted by Crippen LogP contribution is -2.13. The average Bonchev–Trinajstić information content (AvgIpc) is 3.05. The molecule has 0 spiro atoms. The molecule has 0 aliphatic heterocycles. The van der Waals surface area contributed by atoms with Crippen LogP contribution in [-0.2, 0) is 4.79 Å². The number of thioether (sulfide) groups is 1. The second-order valence-corrected chi connectivity index (χ2v) is 5.99. The second kappa shape index (κ2) is 5.68. The highest BCUT2D eigenvalue weighted by Crippen LogP contribution is 2.30. The number of amides is 1. The van der Waals surface area contributed by atoms with Gasteiger partial charge < -0.3 is 10.3 Å². The summed E-state index contributed by atoms with van der Waals surface area (Å²) in [6.07, 6.45) is 3.85. The Morgan fingerprint density at radius 1 is 1.45 bits per heavy atom. The number of carbonyl (C=O) groups excluding carboxylic acids is 1. The van der Waals surface area contributed by atoms with Gasteiger partial charge in [0.1, 0.15) is 0 Å². The summed E-state index contributed by atoms with van der Waals surface area (Å²) in [5.74, 6) is 0.430. The molecule has 0 saturated carbocycles. The van der Waals surface area contributed by atoms with Gasteiger partial charge in [0, 0.05) is 28.0 Å². The minimum Gasteiger partial charge on any atom is -0.360 e. The molecule has 2 aromatic heterocycles. The van der Waals surface area contributed by atoms with Gasteiger partial charge in [-0.05, 0) is 12.3 Å². The Morgan fingerprint density at radius 2 is 2.30 bits per heavy atom. The van der Waals surface area contributed by atoms with Gasteiger partial charge in [-0.15, -0.1) is 11.3 Å². The maximum absolute atomic E-state index is 11.5. The van der Waals surface area contributed by atoms with Crippen LogP contribution in [0.4, 0.5) is 5.13 Å². The van der Waals surface area contributed by atoms with Crippen molar-refractivity contribution in [1.29, 1.82) is 0 Å². The lowest BCUT2D eigenvalue weighted by atomic mass is 10.1. The Kier molecular flexibility index (Phi) is 3.75. The van der Waals surface area contributed by atoms with Crippen LogP contribution >= 0.6 is 23.1 Å². The summed E-state index contributed by atoms with van der Waals surface area (Å²) < 4.78 is 0. The van der Waals surface area contributed by atoms with Crippen molar-refractivity contribution in [2.75, 3.05) is 17.3 Å². The average molecular weight is 303 g/mol. The van der Waals surface area contributed by atoms with E-state index in [1.165, 1.54) is 23.1 Å². The summed E-state index contributed by atoms with van der Waals surface area (Å²) in [6, 6.07) is 8.10. The molecule has 0 saturated heterocycles. The first kappa shape index (κ1) is 13.2. The van der Waals surface area contributed by atoms with Crippen molar-refractivity contribution in [2.45, 2.75) is 0 Å². The fraction of sp³-hybridized carbons (Fsp3) is 0.143. The van der Waals surface area contributed by atoms with Crippen molar-refractivity contribution < 1.29 is 4.79 Å². The van der Waals surface area contributed by atoms with E-state index in [1.54, 1.807) is 0 Å². The topological polar surface area (TPSA) is 57.8 Å². The highest BCUT2D eigenvalue weighted by atomic mass is 32.2. The van der Waals surface area contributed by atoms with Crippen LogP contribution in [0, 0.1) is 0 Å². The van der Waals surface area contributed by atoms with Crippen LogP contribution < -0.4 is 5.32 Å². The Labute approximate surface area is 124 Å². The van der Waals surface area contributed by atoms with Gasteiger partial charge in [0.05, 0.1) is 11.4 Å². The van der Waals surface area contributed by atoms with E-state index in [1.807, 2.05) is 36.0 Å². The van der Waals surface area contributed by atoms with Crippen LogP contribution in [0.2, 0.25) is 0 Å². The van der Waals surface area contributed by atoms with Gasteiger partial charge in [-0.2, -0.15) is 11.8 Å². The van der Waals surface area contributed by atoms with Gasteiger partial charge in [0.15, 0.2) is 5.13 Å². The highest BCUT2D eigenvalue weighted by Gasteiger charge is 2.11. The molecule has 0 radical (unpaired) electrons. The van der Waals surface area contributed by atoms with Crippen LogP contribution in [0.25, 0.3) is 22.2 Å². The number of anilines is 1. The van der Waals surface area contributed by atoms with Crippen LogP contribution in [0.5, 0.6) is 0 Å². The molecule has 0 atom stereocenters. The van der Waals surface area contributed by atoms with E-state index < -0.39 is 0 Å². The first-order chi connectivity index (χ1) is 9.78. The largest absolute Gasteiger partial charge is 0.360 e. The van der Waals surface area contributed by atoms with Gasteiger partial charge in [0.2, 0.25) is 5.91 Å². The zero-order valence-electron chi connectivity index (χ0n) is 10.8. The lowest BCUT2D eigenvalue weighted by molar-refractivity contribution is -0.113. The maximum Gasteiger partial charge on any atom is 0.236 e. The minimum absolute atomic E-state index is 0.0164. The van der Waals surface area contributed by atoms with E-state index in [9.17, 15) is 4.79 Å². The summed E-state index contributed by atoms with van der Waals surface area (Å²) in [5, 5.41) is 6.55. The number of para-hydroxylation sites is 1. The summed E-state index contributed by atoms with van der Waals surface area (Å²) >= 11 is 2.94. The fourth-order valence-corrected chi connectivity index (χ4v) is 3.09. The molecule has 3 aromatic rings. The Hall–Kier alpha value is -1.79. The molecule has 20 heavy (non-hydrogen) atoms. The number of H-pyrrole nitrogens is 1. The number of fused-ring (bicyclic) bond motifs is 1. The number of thiazole rings is 1. The van der Waals surface area contributed by atoms with Crippen LogP contribution in [0.15, 0.2) is 35.8 Å². The third-order valence-electron chi connectivity index (χ3n) is 2.89. The zero-order valence-corrected chi connectivity index (χ0v) is 12.5. The molecule has 4 nitrogen and oxygen atoms in total. The van der Waals surface area contributed by atoms with Gasteiger partial charge in [-0.3, -0.25) is 4.79 Å². The smallest absolute Gasteiger partial charge is 0.236 e. The van der Waals surface area contributed by atoms with E-state index in [4.69, 9.17) is 0 Å². The monoisotopic (exact) mass is 303 g/mol. The normalized spacial score (nSPS) is 10.8. The fourth-order valence-electron chi connectivity index (χ4n) is 2.02. The zero-order chi connectivity index (χ0) is 13.9. The van der Waals surface area contributed by atoms with Gasteiger partial charge >= 0.3 is 0 Å². The molecular formula is C14H13N3OS2. The molecular weight excluding hydrogens is 290 g/mol. The van der Waals surface area contributed by atoms with Gasteiger partial charge in [-0.1, -0.05) is 18.2 Å². The van der Waals surface area contributed by atoms with Crippen molar-refractivity contribution >= 4 is 45.0 Å². The van der Waals surface area contributed by atoms with E-state index in [-0.39, 0.29) is 5.91 Å². The van der Waals surface area contributed by atoms with Crippen LogP contribution in [-0.4, -0.2) is 27.9 Å². The summed E-state index contributed by atoms with van der Waals surface area (Å²) in [5.41, 5.74) is 3.03. The lowest BCUT2D eigenvalue weighted by Gasteiger charge is -1.98. The first-order valence-electron chi connectivity index (χ1n) is 6.09. The van der Waals surface area contributed by atoms with Crippen molar-refractivity contribution in [2.24, 2.45) is 0 Å². The quantitative estimate of drug-likeness (QED) is 0.774. The molecule has 1 amide bonds. The summed E-state index contributed by atoms with van der Waals surface area (Å²) in [4.78, 5) is 19.3. The second-order valence-electron chi connectivity index (χ2n) is 4.27. The predicted molar refractivity (Wildman–Crippen MR) is 86.4 cm³/mol. The molecule has 0 aliphatic rings. The van der Waals surface area contributed by atoms with Crippen molar-refractivity contribution in [3.05, 3.63) is 35.8 Å². The number of rotatable bonds is 4. The van der Waals surface area contributed by atoms with E-state index in [2.05, 4.69) is 21.4 Å². The molecule has 6 heteroatoms. The molecule has 3 rings (SSSR count). The number of hydrogen-bond acceptors (Lipinski definition) is 4. The Morgan fingerprint density at radius 3 is 3.15 bits per heavy atom. The molecule has 1 aromatic carbocycles. The molecule has 0 fully saturated rings. The molecule has 0 aliphatic carbocycles. The van der Waals surface area contributed by atoms with Crippen molar-refractivity contribution in [3.63, 3.8) is 0 Å². The Bertz CT molecular complexity index is 748. The molecule has 0 unspecified atom stereocenters. The highest BCUT2D eigenvalue weighted by molar-refractivity contribution is 7.99. The number of aromatic nitrogens is 2. The van der Waals surface area contributed by atoms with E-state index in [0.717, 1.165) is 22.2 Å². The maximum atomic E-state index is 11.5. The molecule has 2 N–H and O–H groups in total. The Balaban J connectivity index is 1.88. The molecule has 0 bridgehead atoms. The third kappa shape index (κ3) is 2.57. The number of aromatic amines is 1. The standard InChI is InChI=1S/C14H13N3OS2/c1-19-8-13(18)17-14-16-12(7-20-14)10-6-15-11-5-3-2-4-9(10)11/h2-7,15H,8H2,1H3,(H,16,17,18). The SMILES string of the molecule is CSCC(=O)Nc1nc(-c2c[nH]c3ccccc23)cs1. The van der Waals surface area contributed by atoms with Crippen molar-refractivity contribution in [3.8, 4) is 11.3 Å². The van der Waals surface area contributed by atoms with Crippen molar-refractivity contribution in [1.82, 2.24) is 9.97 Å². The van der Waals surface area contributed by atoms with Crippen LogP contribution in [0.3, 0.4) is 0 Å². The number of nitrogens with zero attached hydrogens (tertiary/aromatic N) is 1. The van der Waals surface area contributed by atoms with Gasteiger partial charge in [0.25, 0.3) is 0 Å². The number of hydrogen-bond donors (Lipinski definition) is 2. The van der Waals surface area contributed by atoms with Crippen LogP contribution in [0.1, 0.15) is 0 Å². The van der Waals surface area contributed by atoms with E-state index >= 15 is 0 Å². The summed E-state index contributed by atoms with van der Waals surface area (Å²) in [6.45, 7) is 0.